The molecular formula is C18H17N3O2. The van der Waals surface area contributed by atoms with Crippen LogP contribution in [-0.4, -0.2) is 28.2 Å². The van der Waals surface area contributed by atoms with E-state index in [0.717, 1.165) is 17.5 Å². The molecule has 0 bridgehead atoms. The SMILES string of the molecule is CC1(C)CCN(c2ccc(C#Cc3cccnc3)cn2)C(=O)O1. The van der Waals surface area contributed by atoms with Gasteiger partial charge in [0.25, 0.3) is 0 Å². The van der Waals surface area contributed by atoms with Crippen molar-refractivity contribution in [1.29, 1.82) is 0 Å². The maximum Gasteiger partial charge on any atom is 0.416 e. The van der Waals surface area contributed by atoms with Gasteiger partial charge in [0, 0.05) is 42.7 Å². The van der Waals surface area contributed by atoms with Crippen LogP contribution in [0.15, 0.2) is 42.9 Å². The zero-order valence-corrected chi connectivity index (χ0v) is 13.1. The number of hydrogen-bond donors (Lipinski definition) is 0. The van der Waals surface area contributed by atoms with Crippen LogP contribution in [0, 0.1) is 11.8 Å². The molecule has 0 aromatic carbocycles. The van der Waals surface area contributed by atoms with Crippen molar-refractivity contribution in [2.75, 3.05) is 11.4 Å². The maximum atomic E-state index is 12.0. The van der Waals surface area contributed by atoms with Crippen LogP contribution in [0.1, 0.15) is 31.4 Å². The van der Waals surface area contributed by atoms with Gasteiger partial charge in [-0.2, -0.15) is 0 Å². The Morgan fingerprint density at radius 2 is 1.96 bits per heavy atom. The molecule has 3 rings (SSSR count). The lowest BCUT2D eigenvalue weighted by Gasteiger charge is -2.35. The Morgan fingerprint density at radius 1 is 1.17 bits per heavy atom. The molecule has 5 heteroatoms. The molecule has 0 spiro atoms. The average molecular weight is 307 g/mol. The molecule has 1 aliphatic heterocycles. The maximum absolute atomic E-state index is 12.0. The smallest absolute Gasteiger partial charge is 0.416 e. The first kappa shape index (κ1) is 15.0. The van der Waals surface area contributed by atoms with Crippen molar-refractivity contribution in [3.63, 3.8) is 0 Å². The minimum atomic E-state index is -0.414. The highest BCUT2D eigenvalue weighted by Crippen LogP contribution is 2.25. The van der Waals surface area contributed by atoms with Crippen LogP contribution >= 0.6 is 0 Å². The number of cyclic esters (lactones) is 1. The van der Waals surface area contributed by atoms with Crippen molar-refractivity contribution < 1.29 is 9.53 Å². The second kappa shape index (κ2) is 6.09. The lowest BCUT2D eigenvalue weighted by atomic mass is 10.0. The monoisotopic (exact) mass is 307 g/mol. The number of aromatic nitrogens is 2. The van der Waals surface area contributed by atoms with Crippen LogP contribution in [0.2, 0.25) is 0 Å². The summed E-state index contributed by atoms with van der Waals surface area (Å²) in [5.74, 6) is 6.63. The third-order valence-corrected chi connectivity index (χ3v) is 3.56. The number of nitrogens with zero attached hydrogens (tertiary/aromatic N) is 3. The summed E-state index contributed by atoms with van der Waals surface area (Å²) in [7, 11) is 0. The molecule has 23 heavy (non-hydrogen) atoms. The van der Waals surface area contributed by atoms with E-state index in [-0.39, 0.29) is 6.09 Å². The lowest BCUT2D eigenvalue weighted by Crippen LogP contribution is -2.47. The summed E-state index contributed by atoms with van der Waals surface area (Å²) in [4.78, 5) is 21.9. The van der Waals surface area contributed by atoms with Gasteiger partial charge in [0.05, 0.1) is 0 Å². The van der Waals surface area contributed by atoms with Crippen molar-refractivity contribution in [2.45, 2.75) is 25.9 Å². The Morgan fingerprint density at radius 3 is 2.57 bits per heavy atom. The second-order valence-corrected chi connectivity index (χ2v) is 5.93. The molecule has 0 unspecified atom stereocenters. The molecule has 1 amide bonds. The fourth-order valence-corrected chi connectivity index (χ4v) is 2.22. The van der Waals surface area contributed by atoms with Crippen LogP contribution in [0.4, 0.5) is 10.6 Å². The molecule has 0 aliphatic carbocycles. The van der Waals surface area contributed by atoms with Gasteiger partial charge in [0.2, 0.25) is 0 Å². The van der Waals surface area contributed by atoms with E-state index in [2.05, 4.69) is 21.8 Å². The highest BCUT2D eigenvalue weighted by molar-refractivity contribution is 5.87. The van der Waals surface area contributed by atoms with E-state index in [1.165, 1.54) is 0 Å². The summed E-state index contributed by atoms with van der Waals surface area (Å²) in [6.45, 7) is 4.42. The molecule has 3 heterocycles. The summed E-state index contributed by atoms with van der Waals surface area (Å²) in [6, 6.07) is 7.37. The first-order valence-electron chi connectivity index (χ1n) is 7.42. The molecular weight excluding hydrogens is 290 g/mol. The predicted molar refractivity (Wildman–Crippen MR) is 87.0 cm³/mol. The van der Waals surface area contributed by atoms with E-state index in [9.17, 15) is 4.79 Å². The van der Waals surface area contributed by atoms with Gasteiger partial charge < -0.3 is 4.74 Å². The Labute approximate surface area is 135 Å². The van der Waals surface area contributed by atoms with Gasteiger partial charge in [-0.05, 0) is 38.1 Å². The normalized spacial score (nSPS) is 16.3. The van der Waals surface area contributed by atoms with E-state index in [1.807, 2.05) is 32.0 Å². The van der Waals surface area contributed by atoms with E-state index in [1.54, 1.807) is 29.6 Å². The number of rotatable bonds is 1. The van der Waals surface area contributed by atoms with Crippen molar-refractivity contribution >= 4 is 11.9 Å². The fourth-order valence-electron chi connectivity index (χ4n) is 2.22. The van der Waals surface area contributed by atoms with Crippen LogP contribution < -0.4 is 4.90 Å². The molecule has 5 nitrogen and oxygen atoms in total. The van der Waals surface area contributed by atoms with Crippen LogP contribution in [0.3, 0.4) is 0 Å². The van der Waals surface area contributed by atoms with Gasteiger partial charge in [-0.3, -0.25) is 9.88 Å². The summed E-state index contributed by atoms with van der Waals surface area (Å²) in [6.07, 6.45) is 5.48. The lowest BCUT2D eigenvalue weighted by molar-refractivity contribution is 0.0234. The molecule has 2 aromatic rings. The average Bonchev–Trinajstić information content (AvgIpc) is 2.54. The summed E-state index contributed by atoms with van der Waals surface area (Å²) in [5.41, 5.74) is 1.21. The second-order valence-electron chi connectivity index (χ2n) is 5.93. The molecule has 1 fully saturated rings. The van der Waals surface area contributed by atoms with Crippen molar-refractivity contribution in [3.8, 4) is 11.8 Å². The standard InChI is InChI=1S/C18H17N3O2/c1-18(2)9-11-21(17(22)23-18)16-8-7-15(13-20-16)6-5-14-4-3-10-19-12-14/h3-4,7-8,10,12-13H,9,11H2,1-2H3. The van der Waals surface area contributed by atoms with Crippen LogP contribution in [-0.2, 0) is 4.74 Å². The predicted octanol–water partition coefficient (Wildman–Crippen LogP) is 3.00. The first-order valence-corrected chi connectivity index (χ1v) is 7.42. The third-order valence-electron chi connectivity index (χ3n) is 3.56. The number of carbonyl (C=O) groups excluding carboxylic acids is 1. The molecule has 0 radical (unpaired) electrons. The number of carbonyl (C=O) groups is 1. The summed E-state index contributed by atoms with van der Waals surface area (Å²) < 4.78 is 5.39. The van der Waals surface area contributed by atoms with E-state index < -0.39 is 5.60 Å². The Hall–Kier alpha value is -2.87. The molecule has 0 N–H and O–H groups in total. The zero-order valence-electron chi connectivity index (χ0n) is 13.1. The third kappa shape index (κ3) is 3.67. The molecule has 0 saturated carbocycles. The summed E-state index contributed by atoms with van der Waals surface area (Å²) in [5, 5.41) is 0. The van der Waals surface area contributed by atoms with Crippen LogP contribution in [0.25, 0.3) is 0 Å². The summed E-state index contributed by atoms with van der Waals surface area (Å²) >= 11 is 0. The number of anilines is 1. The number of amides is 1. The van der Waals surface area contributed by atoms with Crippen molar-refractivity contribution in [1.82, 2.24) is 9.97 Å². The molecule has 1 aliphatic rings. The highest BCUT2D eigenvalue weighted by atomic mass is 16.6. The minimum Gasteiger partial charge on any atom is -0.443 e. The van der Waals surface area contributed by atoms with E-state index in [0.29, 0.717) is 12.4 Å². The first-order chi connectivity index (χ1) is 11.0. The fraction of sp³-hybridized carbons (Fsp3) is 0.278. The quantitative estimate of drug-likeness (QED) is 0.760. The van der Waals surface area contributed by atoms with Gasteiger partial charge in [0.1, 0.15) is 11.4 Å². The van der Waals surface area contributed by atoms with Gasteiger partial charge in [0.15, 0.2) is 0 Å². The van der Waals surface area contributed by atoms with E-state index >= 15 is 0 Å². The molecule has 116 valence electrons. The topological polar surface area (TPSA) is 55.3 Å². The van der Waals surface area contributed by atoms with Crippen molar-refractivity contribution in [3.05, 3.63) is 54.0 Å². The van der Waals surface area contributed by atoms with Gasteiger partial charge >= 0.3 is 6.09 Å². The molecule has 2 aromatic heterocycles. The molecule has 0 atom stereocenters. The highest BCUT2D eigenvalue weighted by Gasteiger charge is 2.33. The number of ether oxygens (including phenoxy) is 1. The number of hydrogen-bond acceptors (Lipinski definition) is 4. The Bertz CT molecular complexity index is 758. The number of pyridine rings is 2. The van der Waals surface area contributed by atoms with Gasteiger partial charge in [-0.15, -0.1) is 0 Å². The minimum absolute atomic E-state index is 0.358. The van der Waals surface area contributed by atoms with Gasteiger partial charge in [-0.25, -0.2) is 9.78 Å². The molecule has 1 saturated heterocycles. The van der Waals surface area contributed by atoms with E-state index in [4.69, 9.17) is 4.74 Å². The Kier molecular flexibility index (Phi) is 3.98. The van der Waals surface area contributed by atoms with Gasteiger partial charge in [-0.1, -0.05) is 11.8 Å². The van der Waals surface area contributed by atoms with Crippen LogP contribution in [0.5, 0.6) is 0 Å². The zero-order chi connectivity index (χ0) is 16.3. The Balaban J connectivity index is 1.73. The van der Waals surface area contributed by atoms with Crippen molar-refractivity contribution in [2.24, 2.45) is 0 Å². The largest absolute Gasteiger partial charge is 0.443 e.